The second-order valence-electron chi connectivity index (χ2n) is 7.19. The van der Waals surface area contributed by atoms with Gasteiger partial charge in [-0.1, -0.05) is 51.0 Å². The molecule has 2 aliphatic rings. The molecule has 0 spiro atoms. The van der Waals surface area contributed by atoms with Gasteiger partial charge in [0.2, 0.25) is 0 Å². The molecule has 1 heteroatoms. The van der Waals surface area contributed by atoms with Gasteiger partial charge in [0.15, 0.2) is 0 Å². The number of likely N-dealkylation sites (N-methyl/N-ethyl adjacent to an activating group) is 1. The highest BCUT2D eigenvalue weighted by Crippen LogP contribution is 2.57. The van der Waals surface area contributed by atoms with Gasteiger partial charge in [0.25, 0.3) is 0 Å². The minimum Gasteiger partial charge on any atom is -0.316 e. The van der Waals surface area contributed by atoms with Gasteiger partial charge in [0.1, 0.15) is 0 Å². The molecule has 1 N–H and O–H groups in total. The third-order valence-corrected chi connectivity index (χ3v) is 5.66. The number of hydrogen-bond donors (Lipinski definition) is 1. The standard InChI is InChI=1S/C19H29N/c1-13(2)15-10-8-14(9-11-15)12-18(20-3)19-16-6-4-5-7-17(16)19/h8-11,13,16-20H,4-7,12H2,1-3H3. The van der Waals surface area contributed by atoms with Crippen LogP contribution in [0, 0.1) is 17.8 Å². The van der Waals surface area contributed by atoms with Gasteiger partial charge in [-0.15, -0.1) is 0 Å². The SMILES string of the molecule is CNC(Cc1ccc(C(C)C)cc1)C1C2CCCCC21. The summed E-state index contributed by atoms with van der Waals surface area (Å²) >= 11 is 0. The molecule has 0 aromatic heterocycles. The number of hydrogen-bond acceptors (Lipinski definition) is 1. The molecule has 3 atom stereocenters. The van der Waals surface area contributed by atoms with E-state index in [4.69, 9.17) is 0 Å². The molecular weight excluding hydrogens is 242 g/mol. The largest absolute Gasteiger partial charge is 0.316 e. The van der Waals surface area contributed by atoms with Gasteiger partial charge in [-0.05, 0) is 61.1 Å². The second kappa shape index (κ2) is 5.89. The Morgan fingerprint density at radius 3 is 2.15 bits per heavy atom. The Labute approximate surface area is 124 Å². The Hall–Kier alpha value is -0.820. The van der Waals surface area contributed by atoms with E-state index in [0.717, 1.165) is 17.8 Å². The van der Waals surface area contributed by atoms with Crippen LogP contribution in [0.4, 0.5) is 0 Å². The lowest BCUT2D eigenvalue weighted by Crippen LogP contribution is -2.31. The van der Waals surface area contributed by atoms with Crippen LogP contribution in [0.15, 0.2) is 24.3 Å². The normalized spacial score (nSPS) is 30.1. The highest BCUT2D eigenvalue weighted by atomic mass is 14.9. The minimum atomic E-state index is 0.635. The van der Waals surface area contributed by atoms with Crippen LogP contribution in [0.1, 0.15) is 56.6 Å². The van der Waals surface area contributed by atoms with Crippen LogP contribution in [0.25, 0.3) is 0 Å². The van der Waals surface area contributed by atoms with Crippen molar-refractivity contribution in [1.82, 2.24) is 5.32 Å². The monoisotopic (exact) mass is 271 g/mol. The Kier molecular flexibility index (Phi) is 4.16. The molecule has 110 valence electrons. The molecule has 0 amide bonds. The maximum atomic E-state index is 3.61. The van der Waals surface area contributed by atoms with Gasteiger partial charge in [-0.25, -0.2) is 0 Å². The maximum absolute atomic E-state index is 3.61. The van der Waals surface area contributed by atoms with Crippen LogP contribution in [-0.2, 0) is 6.42 Å². The smallest absolute Gasteiger partial charge is 0.0138 e. The zero-order chi connectivity index (χ0) is 14.1. The fourth-order valence-electron chi connectivity index (χ4n) is 4.37. The van der Waals surface area contributed by atoms with E-state index in [0.29, 0.717) is 12.0 Å². The summed E-state index contributed by atoms with van der Waals surface area (Å²) in [5.41, 5.74) is 2.95. The first-order valence-corrected chi connectivity index (χ1v) is 8.47. The number of rotatable bonds is 5. The zero-order valence-corrected chi connectivity index (χ0v) is 13.2. The van der Waals surface area contributed by atoms with Gasteiger partial charge < -0.3 is 5.32 Å². The van der Waals surface area contributed by atoms with Gasteiger partial charge >= 0.3 is 0 Å². The van der Waals surface area contributed by atoms with Gasteiger partial charge in [0.05, 0.1) is 0 Å². The van der Waals surface area contributed by atoms with Crippen molar-refractivity contribution in [3.8, 4) is 0 Å². The van der Waals surface area contributed by atoms with E-state index >= 15 is 0 Å². The Bertz CT molecular complexity index is 422. The molecule has 1 aromatic carbocycles. The molecule has 0 aliphatic heterocycles. The van der Waals surface area contributed by atoms with Crippen molar-refractivity contribution in [2.24, 2.45) is 17.8 Å². The van der Waals surface area contributed by atoms with Crippen LogP contribution >= 0.6 is 0 Å². The molecule has 0 bridgehead atoms. The molecule has 3 unspecified atom stereocenters. The summed E-state index contributed by atoms with van der Waals surface area (Å²) in [5, 5.41) is 3.61. The number of nitrogens with one attached hydrogen (secondary N) is 1. The number of benzene rings is 1. The molecular formula is C19H29N. The lowest BCUT2D eigenvalue weighted by atomic mass is 9.96. The minimum absolute atomic E-state index is 0.635. The second-order valence-corrected chi connectivity index (χ2v) is 7.19. The lowest BCUT2D eigenvalue weighted by molar-refractivity contribution is 0.460. The predicted octanol–water partition coefficient (Wildman–Crippen LogP) is 4.38. The molecule has 0 radical (unpaired) electrons. The molecule has 0 heterocycles. The summed E-state index contributed by atoms with van der Waals surface area (Å²) in [7, 11) is 2.15. The molecule has 1 nitrogen and oxygen atoms in total. The molecule has 2 saturated carbocycles. The van der Waals surface area contributed by atoms with Crippen LogP contribution in [0.2, 0.25) is 0 Å². The summed E-state index contributed by atoms with van der Waals surface area (Å²) in [6, 6.07) is 9.99. The molecule has 0 saturated heterocycles. The van der Waals surface area contributed by atoms with Crippen molar-refractivity contribution in [3.05, 3.63) is 35.4 Å². The molecule has 3 rings (SSSR count). The summed E-state index contributed by atoms with van der Waals surface area (Å²) < 4.78 is 0. The Balaban J connectivity index is 1.63. The summed E-state index contributed by atoms with van der Waals surface area (Å²) in [6.45, 7) is 4.53. The number of fused-ring (bicyclic) bond motifs is 1. The van der Waals surface area contributed by atoms with Gasteiger partial charge in [-0.2, -0.15) is 0 Å². The highest BCUT2D eigenvalue weighted by molar-refractivity contribution is 5.26. The molecule has 2 fully saturated rings. The van der Waals surface area contributed by atoms with Crippen LogP contribution in [-0.4, -0.2) is 13.1 Å². The average Bonchev–Trinajstić information content (AvgIpc) is 3.19. The fraction of sp³-hybridized carbons (Fsp3) is 0.684. The third-order valence-electron chi connectivity index (χ3n) is 5.66. The van der Waals surface area contributed by atoms with Gasteiger partial charge in [-0.3, -0.25) is 0 Å². The van der Waals surface area contributed by atoms with Crippen LogP contribution < -0.4 is 5.32 Å². The van der Waals surface area contributed by atoms with E-state index in [2.05, 4.69) is 50.5 Å². The average molecular weight is 271 g/mol. The van der Waals surface area contributed by atoms with Crippen molar-refractivity contribution in [3.63, 3.8) is 0 Å². The van der Waals surface area contributed by atoms with Crippen LogP contribution in [0.3, 0.4) is 0 Å². The fourth-order valence-corrected chi connectivity index (χ4v) is 4.37. The Morgan fingerprint density at radius 2 is 1.65 bits per heavy atom. The third kappa shape index (κ3) is 2.79. The zero-order valence-electron chi connectivity index (χ0n) is 13.2. The summed E-state index contributed by atoms with van der Waals surface area (Å²) in [5.74, 6) is 3.66. The highest BCUT2D eigenvalue weighted by Gasteiger charge is 2.53. The summed E-state index contributed by atoms with van der Waals surface area (Å²) in [4.78, 5) is 0. The van der Waals surface area contributed by atoms with E-state index in [1.54, 1.807) is 0 Å². The lowest BCUT2D eigenvalue weighted by Gasteiger charge is -2.17. The van der Waals surface area contributed by atoms with Crippen molar-refractivity contribution >= 4 is 0 Å². The molecule has 2 aliphatic carbocycles. The Morgan fingerprint density at radius 1 is 1.05 bits per heavy atom. The van der Waals surface area contributed by atoms with E-state index < -0.39 is 0 Å². The van der Waals surface area contributed by atoms with Crippen molar-refractivity contribution in [1.29, 1.82) is 0 Å². The van der Waals surface area contributed by atoms with Crippen molar-refractivity contribution < 1.29 is 0 Å². The maximum Gasteiger partial charge on any atom is 0.0138 e. The van der Waals surface area contributed by atoms with E-state index in [1.807, 2.05) is 0 Å². The quantitative estimate of drug-likeness (QED) is 0.838. The van der Waals surface area contributed by atoms with Crippen molar-refractivity contribution in [2.75, 3.05) is 7.05 Å². The topological polar surface area (TPSA) is 12.0 Å². The van der Waals surface area contributed by atoms with Crippen molar-refractivity contribution in [2.45, 2.75) is 57.9 Å². The molecule has 20 heavy (non-hydrogen) atoms. The molecule has 1 aromatic rings. The van der Waals surface area contributed by atoms with E-state index in [1.165, 1.54) is 43.2 Å². The van der Waals surface area contributed by atoms with Gasteiger partial charge in [0, 0.05) is 6.04 Å². The first-order chi connectivity index (χ1) is 9.70. The van der Waals surface area contributed by atoms with Crippen LogP contribution in [0.5, 0.6) is 0 Å². The summed E-state index contributed by atoms with van der Waals surface area (Å²) in [6.07, 6.45) is 7.11. The first-order valence-electron chi connectivity index (χ1n) is 8.47. The van der Waals surface area contributed by atoms with E-state index in [9.17, 15) is 0 Å². The predicted molar refractivity (Wildman–Crippen MR) is 86.0 cm³/mol. The van der Waals surface area contributed by atoms with E-state index in [-0.39, 0.29) is 0 Å². The first kappa shape index (κ1) is 14.1.